The van der Waals surface area contributed by atoms with Gasteiger partial charge in [-0.1, -0.05) is 17.7 Å². The molecular formula is C9H6ClF3N2O2. The number of benzene rings is 1. The van der Waals surface area contributed by atoms with Crippen LogP contribution in [0.5, 0.6) is 0 Å². The van der Waals surface area contributed by atoms with Crippen molar-refractivity contribution in [2.75, 3.05) is 5.32 Å². The fourth-order valence-corrected chi connectivity index (χ4v) is 1.72. The van der Waals surface area contributed by atoms with Crippen molar-refractivity contribution in [1.82, 2.24) is 5.32 Å². The molecule has 3 N–H and O–H groups in total. The minimum atomic E-state index is -5.03. The number of halogens is 4. The summed E-state index contributed by atoms with van der Waals surface area (Å²) in [6.45, 7) is 0. The van der Waals surface area contributed by atoms with Gasteiger partial charge in [-0.15, -0.1) is 0 Å². The van der Waals surface area contributed by atoms with E-state index in [9.17, 15) is 23.1 Å². The molecule has 1 unspecified atom stereocenters. The molecule has 1 aliphatic heterocycles. The van der Waals surface area contributed by atoms with E-state index >= 15 is 0 Å². The van der Waals surface area contributed by atoms with Gasteiger partial charge in [-0.05, 0) is 12.1 Å². The van der Waals surface area contributed by atoms with Gasteiger partial charge in [0.05, 0.1) is 5.69 Å². The number of rotatable bonds is 0. The van der Waals surface area contributed by atoms with E-state index in [4.69, 9.17) is 11.6 Å². The second kappa shape index (κ2) is 3.51. The highest BCUT2D eigenvalue weighted by molar-refractivity contribution is 6.31. The molecular weight excluding hydrogens is 261 g/mol. The molecule has 17 heavy (non-hydrogen) atoms. The number of hydrogen-bond donors (Lipinski definition) is 3. The monoisotopic (exact) mass is 266 g/mol. The molecule has 0 aliphatic carbocycles. The first-order valence-electron chi connectivity index (χ1n) is 4.42. The van der Waals surface area contributed by atoms with E-state index in [0.717, 1.165) is 12.1 Å². The molecule has 0 saturated carbocycles. The van der Waals surface area contributed by atoms with Gasteiger partial charge >= 0.3 is 12.2 Å². The Morgan fingerprint density at radius 3 is 2.59 bits per heavy atom. The minimum absolute atomic E-state index is 0.149. The topological polar surface area (TPSA) is 61.4 Å². The van der Waals surface area contributed by atoms with Crippen LogP contribution >= 0.6 is 11.6 Å². The van der Waals surface area contributed by atoms with E-state index < -0.39 is 23.5 Å². The highest BCUT2D eigenvalue weighted by Gasteiger charge is 2.59. The van der Waals surface area contributed by atoms with Gasteiger partial charge in [0, 0.05) is 10.6 Å². The summed E-state index contributed by atoms with van der Waals surface area (Å²) in [6, 6.07) is 2.17. The number of fused-ring (bicyclic) bond motifs is 1. The van der Waals surface area contributed by atoms with Crippen molar-refractivity contribution in [3.8, 4) is 0 Å². The Hall–Kier alpha value is -1.47. The van der Waals surface area contributed by atoms with Gasteiger partial charge in [-0.3, -0.25) is 5.32 Å². The van der Waals surface area contributed by atoms with Gasteiger partial charge in [0.15, 0.2) is 0 Å². The van der Waals surface area contributed by atoms with Crippen LogP contribution in [0.2, 0.25) is 5.02 Å². The van der Waals surface area contributed by atoms with Crippen LogP contribution in [0.15, 0.2) is 18.2 Å². The third kappa shape index (κ3) is 1.81. The lowest BCUT2D eigenvalue weighted by atomic mass is 9.98. The first-order chi connectivity index (χ1) is 7.74. The molecule has 1 aliphatic rings. The van der Waals surface area contributed by atoms with Crippen LogP contribution in [0.1, 0.15) is 5.56 Å². The van der Waals surface area contributed by atoms with E-state index in [1.807, 2.05) is 0 Å². The SMILES string of the molecule is O=C1Nc2cc(Cl)ccc2C(O)(C(F)(F)F)N1. The molecule has 1 heterocycles. The zero-order valence-corrected chi connectivity index (χ0v) is 8.86. The predicted molar refractivity (Wildman–Crippen MR) is 53.6 cm³/mol. The van der Waals surface area contributed by atoms with Crippen molar-refractivity contribution in [1.29, 1.82) is 0 Å². The molecule has 8 heteroatoms. The number of alkyl halides is 3. The van der Waals surface area contributed by atoms with Gasteiger partial charge in [-0.25, -0.2) is 4.79 Å². The molecule has 92 valence electrons. The molecule has 1 aromatic carbocycles. The van der Waals surface area contributed by atoms with Gasteiger partial charge in [0.25, 0.3) is 5.72 Å². The maximum atomic E-state index is 12.8. The van der Waals surface area contributed by atoms with Gasteiger partial charge in [0.2, 0.25) is 0 Å². The van der Waals surface area contributed by atoms with Crippen molar-refractivity contribution < 1.29 is 23.1 Å². The van der Waals surface area contributed by atoms with Crippen LogP contribution in [-0.4, -0.2) is 17.3 Å². The molecule has 2 rings (SSSR count). The van der Waals surface area contributed by atoms with Crippen LogP contribution in [-0.2, 0) is 5.72 Å². The predicted octanol–water partition coefficient (Wildman–Crippen LogP) is 2.18. The fraction of sp³-hybridized carbons (Fsp3) is 0.222. The van der Waals surface area contributed by atoms with Crippen molar-refractivity contribution in [3.63, 3.8) is 0 Å². The normalized spacial score (nSPS) is 23.7. The molecule has 0 radical (unpaired) electrons. The number of amides is 2. The van der Waals surface area contributed by atoms with Gasteiger partial charge in [0.1, 0.15) is 0 Å². The Morgan fingerprint density at radius 2 is 2.00 bits per heavy atom. The number of aliphatic hydroxyl groups is 1. The van der Waals surface area contributed by atoms with Crippen molar-refractivity contribution in [3.05, 3.63) is 28.8 Å². The second-order valence-corrected chi connectivity index (χ2v) is 3.91. The first kappa shape index (κ1) is 12.0. The smallest absolute Gasteiger partial charge is 0.360 e. The number of anilines is 1. The van der Waals surface area contributed by atoms with E-state index in [-0.39, 0.29) is 10.7 Å². The Kier molecular flexibility index (Phi) is 2.48. The van der Waals surface area contributed by atoms with Crippen LogP contribution in [0, 0.1) is 0 Å². The van der Waals surface area contributed by atoms with Gasteiger partial charge < -0.3 is 10.4 Å². The summed E-state index contributed by atoms with van der Waals surface area (Å²) >= 11 is 5.60. The largest absolute Gasteiger partial charge is 0.441 e. The maximum Gasteiger partial charge on any atom is 0.441 e. The molecule has 0 saturated heterocycles. The van der Waals surface area contributed by atoms with Crippen LogP contribution in [0.3, 0.4) is 0 Å². The summed E-state index contributed by atoms with van der Waals surface area (Å²) in [5.41, 5.74) is -4.09. The van der Waals surface area contributed by atoms with E-state index in [1.54, 1.807) is 0 Å². The minimum Gasteiger partial charge on any atom is -0.360 e. The van der Waals surface area contributed by atoms with Crippen molar-refractivity contribution in [2.24, 2.45) is 0 Å². The van der Waals surface area contributed by atoms with E-state index in [2.05, 4.69) is 5.32 Å². The highest BCUT2D eigenvalue weighted by Crippen LogP contribution is 2.42. The molecule has 0 spiro atoms. The van der Waals surface area contributed by atoms with Crippen molar-refractivity contribution >= 4 is 23.3 Å². The number of carbonyl (C=O) groups excluding carboxylic acids is 1. The zero-order valence-electron chi connectivity index (χ0n) is 8.10. The number of nitrogens with one attached hydrogen (secondary N) is 2. The third-order valence-corrected chi connectivity index (χ3v) is 2.56. The third-order valence-electron chi connectivity index (χ3n) is 2.32. The molecule has 1 aromatic rings. The summed E-state index contributed by atoms with van der Waals surface area (Å²) in [5.74, 6) is 0. The maximum absolute atomic E-state index is 12.8. The Labute approximate surface area is 98.4 Å². The molecule has 0 fully saturated rings. The van der Waals surface area contributed by atoms with Crippen LogP contribution in [0.4, 0.5) is 23.7 Å². The lowest BCUT2D eigenvalue weighted by Crippen LogP contribution is -2.60. The average Bonchev–Trinajstić information content (AvgIpc) is 2.14. The van der Waals surface area contributed by atoms with Crippen LogP contribution in [0.25, 0.3) is 0 Å². The second-order valence-electron chi connectivity index (χ2n) is 3.48. The first-order valence-corrected chi connectivity index (χ1v) is 4.80. The molecule has 0 bridgehead atoms. The summed E-state index contributed by atoms with van der Waals surface area (Å²) in [7, 11) is 0. The summed E-state index contributed by atoms with van der Waals surface area (Å²) in [5, 5.41) is 13.3. The fourth-order valence-electron chi connectivity index (χ4n) is 1.54. The Balaban J connectivity index is 2.63. The summed E-state index contributed by atoms with van der Waals surface area (Å²) in [6.07, 6.45) is -5.03. The standard InChI is InChI=1S/C9H6ClF3N2O2/c10-4-1-2-5-6(3-4)14-7(16)15-8(5,17)9(11,12)13/h1-3,17H,(H2,14,15,16). The van der Waals surface area contributed by atoms with E-state index in [1.165, 1.54) is 11.4 Å². The number of hydrogen-bond acceptors (Lipinski definition) is 2. The molecule has 4 nitrogen and oxygen atoms in total. The molecule has 2 amide bonds. The van der Waals surface area contributed by atoms with Gasteiger partial charge in [-0.2, -0.15) is 13.2 Å². The summed E-state index contributed by atoms with van der Waals surface area (Å²) < 4.78 is 38.3. The van der Waals surface area contributed by atoms with Crippen LogP contribution < -0.4 is 10.6 Å². The zero-order chi connectivity index (χ0) is 12.8. The Morgan fingerprint density at radius 1 is 1.35 bits per heavy atom. The Bertz CT molecular complexity index is 492. The van der Waals surface area contributed by atoms with E-state index in [0.29, 0.717) is 0 Å². The summed E-state index contributed by atoms with van der Waals surface area (Å²) in [4.78, 5) is 11.1. The molecule has 0 aromatic heterocycles. The lowest BCUT2D eigenvalue weighted by molar-refractivity contribution is -0.274. The highest BCUT2D eigenvalue weighted by atomic mass is 35.5. The number of carbonyl (C=O) groups is 1. The quantitative estimate of drug-likeness (QED) is 0.674. The number of urea groups is 1. The molecule has 1 atom stereocenters. The lowest BCUT2D eigenvalue weighted by Gasteiger charge is -2.36. The van der Waals surface area contributed by atoms with Crippen molar-refractivity contribution in [2.45, 2.75) is 11.9 Å². The average molecular weight is 267 g/mol.